The van der Waals surface area contributed by atoms with Crippen LogP contribution in [0.25, 0.3) is 11.0 Å². The van der Waals surface area contributed by atoms with E-state index in [0.29, 0.717) is 5.82 Å². The van der Waals surface area contributed by atoms with Crippen molar-refractivity contribution < 1.29 is 9.59 Å². The number of imidazole rings is 1. The number of benzene rings is 2. The zero-order valence-electron chi connectivity index (χ0n) is 20.7. The lowest BCUT2D eigenvalue weighted by Crippen LogP contribution is -2.46. The van der Waals surface area contributed by atoms with Crippen LogP contribution in [0.5, 0.6) is 0 Å². The zero-order chi connectivity index (χ0) is 24.8. The average molecular weight is 483 g/mol. The van der Waals surface area contributed by atoms with E-state index in [1.807, 2.05) is 72.0 Å². The van der Waals surface area contributed by atoms with Gasteiger partial charge in [0, 0.05) is 36.6 Å². The first kappa shape index (κ1) is 22.5. The summed E-state index contributed by atoms with van der Waals surface area (Å²) in [6.07, 6.45) is 7.24. The highest BCUT2D eigenvalue weighted by atomic mass is 16.2. The Kier molecular flexibility index (Phi) is 5.59. The largest absolute Gasteiger partial charge is 0.319 e. The fourth-order valence-corrected chi connectivity index (χ4v) is 5.83. The SMILES string of the molecule is Cc1nc2ccccc2n1CC(=O)N(c1ccn(C)n1)C1C(=O)N(C2CCCCC2)c2ccccc21. The van der Waals surface area contributed by atoms with E-state index in [2.05, 4.69) is 10.1 Å². The smallest absolute Gasteiger partial charge is 0.255 e. The minimum absolute atomic E-state index is 0.0469. The molecule has 184 valence electrons. The highest BCUT2D eigenvalue weighted by Crippen LogP contribution is 2.44. The zero-order valence-corrected chi connectivity index (χ0v) is 20.7. The summed E-state index contributed by atoms with van der Waals surface area (Å²) in [5, 5.41) is 4.56. The molecule has 2 aliphatic rings. The van der Waals surface area contributed by atoms with Gasteiger partial charge in [0.1, 0.15) is 18.4 Å². The third-order valence-electron chi connectivity index (χ3n) is 7.51. The Balaban J connectivity index is 1.43. The first-order valence-electron chi connectivity index (χ1n) is 12.7. The Hall–Kier alpha value is -3.94. The molecule has 2 aromatic heterocycles. The van der Waals surface area contributed by atoms with Crippen LogP contribution in [0.15, 0.2) is 60.8 Å². The molecule has 2 aromatic carbocycles. The van der Waals surface area contributed by atoms with Gasteiger partial charge in [-0.2, -0.15) is 5.10 Å². The van der Waals surface area contributed by atoms with Gasteiger partial charge in [-0.25, -0.2) is 4.98 Å². The van der Waals surface area contributed by atoms with Gasteiger partial charge < -0.3 is 9.47 Å². The normalized spacial score (nSPS) is 18.1. The summed E-state index contributed by atoms with van der Waals surface area (Å²) in [5.74, 6) is 0.989. The third kappa shape index (κ3) is 3.68. The number of fused-ring (bicyclic) bond motifs is 2. The molecule has 0 radical (unpaired) electrons. The number of aryl methyl sites for hydroxylation is 2. The average Bonchev–Trinajstić information content (AvgIpc) is 3.54. The highest BCUT2D eigenvalue weighted by molar-refractivity contribution is 6.11. The molecular formula is C28H30N6O2. The lowest BCUT2D eigenvalue weighted by Gasteiger charge is -2.33. The molecule has 1 fully saturated rings. The van der Waals surface area contributed by atoms with Gasteiger partial charge >= 0.3 is 0 Å². The number of anilines is 2. The molecule has 8 heteroatoms. The van der Waals surface area contributed by atoms with Crippen LogP contribution in [-0.2, 0) is 23.2 Å². The second kappa shape index (κ2) is 8.93. The summed E-state index contributed by atoms with van der Waals surface area (Å²) in [6, 6.07) is 16.9. The second-order valence-corrected chi connectivity index (χ2v) is 9.81. The van der Waals surface area contributed by atoms with Crippen molar-refractivity contribution in [3.05, 3.63) is 72.2 Å². The van der Waals surface area contributed by atoms with Gasteiger partial charge in [0.2, 0.25) is 5.91 Å². The van der Waals surface area contributed by atoms with Gasteiger partial charge in [-0.15, -0.1) is 0 Å². The number of hydrogen-bond donors (Lipinski definition) is 0. The number of hydrogen-bond acceptors (Lipinski definition) is 4. The van der Waals surface area contributed by atoms with Crippen molar-refractivity contribution in [2.75, 3.05) is 9.80 Å². The molecular weight excluding hydrogens is 452 g/mol. The molecule has 0 spiro atoms. The molecule has 1 saturated carbocycles. The molecule has 4 aromatic rings. The van der Waals surface area contributed by atoms with Crippen molar-refractivity contribution >= 4 is 34.4 Å². The molecule has 0 N–H and O–H groups in total. The Labute approximate surface area is 210 Å². The molecule has 1 unspecified atom stereocenters. The first-order chi connectivity index (χ1) is 17.5. The van der Waals surface area contributed by atoms with E-state index in [9.17, 15) is 9.59 Å². The Morgan fingerprint density at radius 1 is 1.03 bits per heavy atom. The molecule has 36 heavy (non-hydrogen) atoms. The summed E-state index contributed by atoms with van der Waals surface area (Å²) >= 11 is 0. The van der Waals surface area contributed by atoms with Crippen molar-refractivity contribution in [1.82, 2.24) is 19.3 Å². The van der Waals surface area contributed by atoms with Crippen LogP contribution in [0.1, 0.15) is 49.5 Å². The topological polar surface area (TPSA) is 76.3 Å². The first-order valence-corrected chi connectivity index (χ1v) is 12.7. The number of carbonyl (C=O) groups excluding carboxylic acids is 2. The second-order valence-electron chi connectivity index (χ2n) is 9.81. The van der Waals surface area contributed by atoms with Gasteiger partial charge in [0.15, 0.2) is 5.82 Å². The molecule has 0 bridgehead atoms. The van der Waals surface area contributed by atoms with Gasteiger partial charge in [0.05, 0.1) is 11.0 Å². The van der Waals surface area contributed by atoms with Crippen LogP contribution in [-0.4, -0.2) is 37.2 Å². The number of nitrogens with zero attached hydrogens (tertiary/aromatic N) is 6. The van der Waals surface area contributed by atoms with Crippen molar-refractivity contribution in [3.63, 3.8) is 0 Å². The van der Waals surface area contributed by atoms with E-state index in [1.54, 1.807) is 21.8 Å². The predicted octanol–water partition coefficient (Wildman–Crippen LogP) is 4.53. The maximum absolute atomic E-state index is 14.1. The molecule has 6 rings (SSSR count). The Bertz CT molecular complexity index is 1450. The van der Waals surface area contributed by atoms with E-state index in [1.165, 1.54) is 6.42 Å². The minimum Gasteiger partial charge on any atom is -0.319 e. The van der Waals surface area contributed by atoms with E-state index in [-0.39, 0.29) is 24.4 Å². The van der Waals surface area contributed by atoms with Crippen LogP contribution in [0, 0.1) is 6.92 Å². The highest BCUT2D eigenvalue weighted by Gasteiger charge is 2.46. The molecule has 1 aliphatic heterocycles. The Morgan fingerprint density at radius 3 is 2.56 bits per heavy atom. The van der Waals surface area contributed by atoms with Crippen molar-refractivity contribution in [3.8, 4) is 0 Å². The van der Waals surface area contributed by atoms with Crippen LogP contribution in [0.2, 0.25) is 0 Å². The molecule has 0 saturated heterocycles. The number of aromatic nitrogens is 4. The standard InChI is InChI=1S/C28H30N6O2/c1-19-29-22-13-7-9-15-24(22)32(19)18-26(35)34(25-16-17-31(2)30-25)27-21-12-6-8-14-23(21)33(28(27)36)20-10-4-3-5-11-20/h6-9,12-17,20,27H,3-5,10-11,18H2,1-2H3. The maximum Gasteiger partial charge on any atom is 0.255 e. The van der Waals surface area contributed by atoms with E-state index in [0.717, 1.165) is 53.8 Å². The quantitative estimate of drug-likeness (QED) is 0.419. The lowest BCUT2D eigenvalue weighted by atomic mass is 9.94. The van der Waals surface area contributed by atoms with Crippen LogP contribution >= 0.6 is 0 Å². The molecule has 1 atom stereocenters. The predicted molar refractivity (Wildman–Crippen MR) is 139 cm³/mol. The number of rotatable bonds is 5. The summed E-state index contributed by atoms with van der Waals surface area (Å²) in [7, 11) is 1.82. The number of amides is 2. The fraction of sp³-hybridized carbons (Fsp3) is 0.357. The molecule has 8 nitrogen and oxygen atoms in total. The lowest BCUT2D eigenvalue weighted by molar-refractivity contribution is -0.125. The molecule has 1 aliphatic carbocycles. The van der Waals surface area contributed by atoms with Crippen molar-refractivity contribution in [2.24, 2.45) is 7.05 Å². The monoisotopic (exact) mass is 482 g/mol. The Morgan fingerprint density at radius 2 is 1.78 bits per heavy atom. The van der Waals surface area contributed by atoms with Gasteiger partial charge in [-0.3, -0.25) is 19.2 Å². The maximum atomic E-state index is 14.1. The molecule has 2 amide bonds. The number of para-hydroxylation sites is 3. The van der Waals surface area contributed by atoms with E-state index >= 15 is 0 Å². The summed E-state index contributed by atoms with van der Waals surface area (Å²) < 4.78 is 3.58. The summed E-state index contributed by atoms with van der Waals surface area (Å²) in [4.78, 5) is 36.4. The van der Waals surface area contributed by atoms with E-state index in [4.69, 9.17) is 0 Å². The minimum atomic E-state index is -0.749. The molecule has 3 heterocycles. The van der Waals surface area contributed by atoms with E-state index < -0.39 is 6.04 Å². The van der Waals surface area contributed by atoms with Gasteiger partial charge in [-0.05, 0) is 38.0 Å². The van der Waals surface area contributed by atoms with Gasteiger partial charge in [0.25, 0.3) is 5.91 Å². The summed E-state index contributed by atoms with van der Waals surface area (Å²) in [6.45, 7) is 1.97. The fourth-order valence-electron chi connectivity index (χ4n) is 5.83. The van der Waals surface area contributed by atoms with Crippen molar-refractivity contribution in [1.29, 1.82) is 0 Å². The van der Waals surface area contributed by atoms with Gasteiger partial charge in [-0.1, -0.05) is 49.6 Å². The van der Waals surface area contributed by atoms with Crippen molar-refractivity contribution in [2.45, 2.75) is 57.7 Å². The third-order valence-corrected chi connectivity index (χ3v) is 7.51. The van der Waals surface area contributed by atoms with Crippen LogP contribution in [0.4, 0.5) is 11.5 Å². The van der Waals surface area contributed by atoms with Crippen LogP contribution < -0.4 is 9.80 Å². The number of carbonyl (C=O) groups is 2. The summed E-state index contributed by atoms with van der Waals surface area (Å²) in [5.41, 5.74) is 3.51. The van der Waals surface area contributed by atoms with Crippen LogP contribution in [0.3, 0.4) is 0 Å².